The molecular formula is C8H10N2O2. The van der Waals surface area contributed by atoms with E-state index >= 15 is 0 Å². The van der Waals surface area contributed by atoms with Gasteiger partial charge in [-0.25, -0.2) is 4.79 Å². The maximum Gasteiger partial charge on any atom is 0.325 e. The second-order valence-corrected chi connectivity index (χ2v) is 3.26. The molecule has 1 fully saturated rings. The molecule has 1 aromatic rings. The summed E-state index contributed by atoms with van der Waals surface area (Å²) in [7, 11) is 0. The number of aromatic nitrogens is 2. The van der Waals surface area contributed by atoms with Gasteiger partial charge in [0.15, 0.2) is 0 Å². The summed E-state index contributed by atoms with van der Waals surface area (Å²) in [5, 5.41) is 0. The lowest BCUT2D eigenvalue weighted by atomic mass is 10.2. The standard InChI is InChI=1S/C8H10N2O2/c11-7-4-6(3-5-1-2-5)9-8(12)10-7/h4-5H,1-3H2,(H2,9,10,11,12). The summed E-state index contributed by atoms with van der Waals surface area (Å²) in [6.07, 6.45) is 3.27. The van der Waals surface area contributed by atoms with Crippen LogP contribution >= 0.6 is 0 Å². The van der Waals surface area contributed by atoms with Crippen molar-refractivity contribution in [3.8, 4) is 0 Å². The third kappa shape index (κ3) is 1.64. The van der Waals surface area contributed by atoms with Crippen molar-refractivity contribution in [2.24, 2.45) is 5.92 Å². The van der Waals surface area contributed by atoms with Gasteiger partial charge in [-0.1, -0.05) is 0 Å². The molecule has 1 heterocycles. The van der Waals surface area contributed by atoms with Crippen molar-refractivity contribution in [1.29, 1.82) is 0 Å². The molecule has 0 aliphatic heterocycles. The lowest BCUT2D eigenvalue weighted by Gasteiger charge is -1.95. The minimum atomic E-state index is -0.404. The number of H-pyrrole nitrogens is 2. The van der Waals surface area contributed by atoms with E-state index in [9.17, 15) is 9.59 Å². The maximum atomic E-state index is 10.8. The van der Waals surface area contributed by atoms with Gasteiger partial charge >= 0.3 is 5.69 Å². The van der Waals surface area contributed by atoms with Gasteiger partial charge in [-0.15, -0.1) is 0 Å². The highest BCUT2D eigenvalue weighted by Gasteiger charge is 2.21. The van der Waals surface area contributed by atoms with Crippen molar-refractivity contribution in [2.45, 2.75) is 19.3 Å². The van der Waals surface area contributed by atoms with Crippen LogP contribution in [0.15, 0.2) is 15.7 Å². The van der Waals surface area contributed by atoms with E-state index in [1.165, 1.54) is 18.9 Å². The number of hydrogen-bond acceptors (Lipinski definition) is 2. The van der Waals surface area contributed by atoms with Crippen LogP contribution in [0.2, 0.25) is 0 Å². The van der Waals surface area contributed by atoms with Crippen LogP contribution < -0.4 is 11.2 Å². The Hall–Kier alpha value is -1.32. The molecule has 2 rings (SSSR count). The van der Waals surface area contributed by atoms with Gasteiger partial charge in [-0.2, -0.15) is 0 Å². The minimum Gasteiger partial charge on any atom is -0.311 e. The molecule has 1 saturated carbocycles. The van der Waals surface area contributed by atoms with Crippen molar-refractivity contribution >= 4 is 0 Å². The van der Waals surface area contributed by atoms with E-state index in [-0.39, 0.29) is 5.56 Å². The van der Waals surface area contributed by atoms with Crippen LogP contribution in [-0.4, -0.2) is 9.97 Å². The van der Waals surface area contributed by atoms with Gasteiger partial charge in [0.2, 0.25) is 0 Å². The molecule has 2 N–H and O–H groups in total. The van der Waals surface area contributed by atoms with Crippen molar-refractivity contribution < 1.29 is 0 Å². The molecule has 12 heavy (non-hydrogen) atoms. The van der Waals surface area contributed by atoms with Crippen LogP contribution in [0.1, 0.15) is 18.5 Å². The predicted molar refractivity (Wildman–Crippen MR) is 44.1 cm³/mol. The molecular weight excluding hydrogens is 156 g/mol. The monoisotopic (exact) mass is 166 g/mol. The van der Waals surface area contributed by atoms with E-state index in [0.717, 1.165) is 12.1 Å². The fraction of sp³-hybridized carbons (Fsp3) is 0.500. The first-order chi connectivity index (χ1) is 5.74. The highest BCUT2D eigenvalue weighted by Crippen LogP contribution is 2.31. The van der Waals surface area contributed by atoms with Crippen LogP contribution in [0, 0.1) is 5.92 Å². The summed E-state index contributed by atoms with van der Waals surface area (Å²) in [5.41, 5.74) is 0.0406. The molecule has 0 amide bonds. The fourth-order valence-corrected chi connectivity index (χ4v) is 1.26. The fourth-order valence-electron chi connectivity index (χ4n) is 1.26. The molecule has 0 atom stereocenters. The van der Waals surface area contributed by atoms with Crippen molar-refractivity contribution in [3.05, 3.63) is 32.6 Å². The summed E-state index contributed by atoms with van der Waals surface area (Å²) in [5.74, 6) is 0.683. The highest BCUT2D eigenvalue weighted by molar-refractivity contribution is 5.01. The smallest absolute Gasteiger partial charge is 0.311 e. The summed E-state index contributed by atoms with van der Waals surface area (Å²) < 4.78 is 0. The minimum absolute atomic E-state index is 0.311. The van der Waals surface area contributed by atoms with Crippen LogP contribution in [0.25, 0.3) is 0 Å². The molecule has 0 saturated heterocycles. The van der Waals surface area contributed by atoms with Crippen molar-refractivity contribution in [3.63, 3.8) is 0 Å². The van der Waals surface area contributed by atoms with Gasteiger partial charge in [0.25, 0.3) is 5.56 Å². The molecule has 0 unspecified atom stereocenters. The van der Waals surface area contributed by atoms with Gasteiger partial charge in [0, 0.05) is 11.8 Å². The van der Waals surface area contributed by atoms with Gasteiger partial charge in [0.05, 0.1) is 0 Å². The Kier molecular flexibility index (Phi) is 1.60. The molecule has 1 aliphatic carbocycles. The lowest BCUT2D eigenvalue weighted by Crippen LogP contribution is -2.23. The van der Waals surface area contributed by atoms with E-state index in [0.29, 0.717) is 5.92 Å². The molecule has 0 spiro atoms. The number of nitrogens with one attached hydrogen (secondary N) is 2. The van der Waals surface area contributed by atoms with Crippen LogP contribution in [-0.2, 0) is 6.42 Å². The van der Waals surface area contributed by atoms with E-state index in [2.05, 4.69) is 9.97 Å². The summed E-state index contributed by atoms with van der Waals surface area (Å²) in [4.78, 5) is 26.4. The van der Waals surface area contributed by atoms with E-state index in [4.69, 9.17) is 0 Å². The Morgan fingerprint density at radius 2 is 2.08 bits per heavy atom. The average molecular weight is 166 g/mol. The number of aromatic amines is 2. The Morgan fingerprint density at radius 3 is 2.67 bits per heavy atom. The Labute approximate surface area is 68.6 Å². The second-order valence-electron chi connectivity index (χ2n) is 3.26. The first-order valence-electron chi connectivity index (χ1n) is 4.06. The largest absolute Gasteiger partial charge is 0.325 e. The number of rotatable bonds is 2. The SMILES string of the molecule is O=c1cc(CC2CC2)[nH]c(=O)[nH]1. The Bertz CT molecular complexity index is 358. The zero-order valence-electron chi connectivity index (χ0n) is 6.59. The Morgan fingerprint density at radius 1 is 1.33 bits per heavy atom. The second kappa shape index (κ2) is 2.62. The van der Waals surface area contributed by atoms with Gasteiger partial charge in [0.1, 0.15) is 0 Å². The molecule has 0 aromatic carbocycles. The maximum absolute atomic E-state index is 10.8. The van der Waals surface area contributed by atoms with Crippen molar-refractivity contribution in [2.75, 3.05) is 0 Å². The lowest BCUT2D eigenvalue weighted by molar-refractivity contribution is 0.786. The topological polar surface area (TPSA) is 65.7 Å². The van der Waals surface area contributed by atoms with Crippen LogP contribution in [0.5, 0.6) is 0 Å². The summed E-state index contributed by atoms with van der Waals surface area (Å²) >= 11 is 0. The third-order valence-electron chi connectivity index (χ3n) is 2.02. The quantitative estimate of drug-likeness (QED) is 0.650. The number of hydrogen-bond donors (Lipinski definition) is 2. The first-order valence-corrected chi connectivity index (χ1v) is 4.06. The van der Waals surface area contributed by atoms with Gasteiger partial charge in [-0.05, 0) is 25.2 Å². The van der Waals surface area contributed by atoms with Crippen molar-refractivity contribution in [1.82, 2.24) is 9.97 Å². The summed E-state index contributed by atoms with van der Waals surface area (Å²) in [6.45, 7) is 0. The van der Waals surface area contributed by atoms with Gasteiger partial charge in [-0.3, -0.25) is 9.78 Å². The summed E-state index contributed by atoms with van der Waals surface area (Å²) in [6, 6.07) is 1.46. The van der Waals surface area contributed by atoms with Gasteiger partial charge < -0.3 is 4.98 Å². The molecule has 0 bridgehead atoms. The van der Waals surface area contributed by atoms with E-state index in [1.54, 1.807) is 0 Å². The highest BCUT2D eigenvalue weighted by atomic mass is 16.2. The van der Waals surface area contributed by atoms with Crippen LogP contribution in [0.3, 0.4) is 0 Å². The van der Waals surface area contributed by atoms with E-state index < -0.39 is 5.69 Å². The van der Waals surface area contributed by atoms with E-state index in [1.807, 2.05) is 0 Å². The Balaban J connectivity index is 2.30. The predicted octanol–water partition coefficient (Wildman–Crippen LogP) is 0.0157. The normalized spacial score (nSPS) is 16.3. The molecule has 0 radical (unpaired) electrons. The molecule has 4 heteroatoms. The zero-order valence-corrected chi connectivity index (χ0v) is 6.59. The van der Waals surface area contributed by atoms with Crippen LogP contribution in [0.4, 0.5) is 0 Å². The third-order valence-corrected chi connectivity index (χ3v) is 2.02. The first kappa shape index (κ1) is 7.34. The molecule has 1 aromatic heterocycles. The zero-order chi connectivity index (χ0) is 8.55. The molecule has 64 valence electrons. The average Bonchev–Trinajstić information content (AvgIpc) is 2.68. The molecule has 4 nitrogen and oxygen atoms in total. The molecule has 1 aliphatic rings.